The number of nitriles is 1. The molecule has 0 heterocycles. The third-order valence-electron chi connectivity index (χ3n) is 3.60. The van der Waals surface area contributed by atoms with E-state index in [9.17, 15) is 4.79 Å². The number of anilines is 1. The zero-order chi connectivity index (χ0) is 16.7. The zero-order valence-electron chi connectivity index (χ0n) is 12.9. The number of rotatable bonds is 6. The van der Waals surface area contributed by atoms with Gasteiger partial charge >= 0.3 is 0 Å². The smallest absolute Gasteiger partial charge is 0.279 e. The van der Waals surface area contributed by atoms with E-state index < -0.39 is 0 Å². The molecule has 2 rings (SSSR count). The molecule has 0 saturated carbocycles. The largest absolute Gasteiger partial charge is 0.332 e. The van der Waals surface area contributed by atoms with Crippen molar-refractivity contribution in [1.29, 1.82) is 5.26 Å². The molecule has 1 atom stereocenters. The normalized spacial score (nSPS) is 11.5. The average Bonchev–Trinajstić information content (AvgIpc) is 2.57. The molecule has 0 radical (unpaired) electrons. The first kappa shape index (κ1) is 17.2. The van der Waals surface area contributed by atoms with Crippen molar-refractivity contribution in [2.24, 2.45) is 0 Å². The minimum Gasteiger partial charge on any atom is -0.332 e. The van der Waals surface area contributed by atoms with Crippen LogP contribution in [0.25, 0.3) is 0 Å². The molecule has 0 bridgehead atoms. The molecule has 1 amide bonds. The van der Waals surface area contributed by atoms with E-state index in [-0.39, 0.29) is 11.9 Å². The third-order valence-corrected chi connectivity index (χ3v) is 4.13. The SMILES string of the molecule is CC[C@@H]([NH2+]CC(=O)Nc1cccc(C#N)c1)c1ccc(Br)cc1. The molecule has 0 fully saturated rings. The van der Waals surface area contributed by atoms with Gasteiger partial charge in [0.25, 0.3) is 5.91 Å². The fourth-order valence-corrected chi connectivity index (χ4v) is 2.64. The van der Waals surface area contributed by atoms with Crippen LogP contribution in [0.15, 0.2) is 53.0 Å². The maximum Gasteiger partial charge on any atom is 0.279 e. The summed E-state index contributed by atoms with van der Waals surface area (Å²) in [4.78, 5) is 12.1. The Morgan fingerprint density at radius 1 is 1.30 bits per heavy atom. The van der Waals surface area contributed by atoms with E-state index in [1.807, 2.05) is 17.4 Å². The summed E-state index contributed by atoms with van der Waals surface area (Å²) in [5.74, 6) is -0.0735. The predicted molar refractivity (Wildman–Crippen MR) is 93.8 cm³/mol. The van der Waals surface area contributed by atoms with Crippen molar-refractivity contribution in [3.63, 3.8) is 0 Å². The molecule has 3 N–H and O–H groups in total. The number of amides is 1. The molecular formula is C18H19BrN3O+. The van der Waals surface area contributed by atoms with Gasteiger partial charge in [-0.3, -0.25) is 4.79 Å². The van der Waals surface area contributed by atoms with Crippen molar-refractivity contribution < 1.29 is 10.1 Å². The number of halogens is 1. The number of carbonyl (C=O) groups is 1. The molecular weight excluding hydrogens is 354 g/mol. The quantitative estimate of drug-likeness (QED) is 0.818. The van der Waals surface area contributed by atoms with Gasteiger partial charge in [-0.2, -0.15) is 5.26 Å². The van der Waals surface area contributed by atoms with Gasteiger partial charge < -0.3 is 10.6 Å². The zero-order valence-corrected chi connectivity index (χ0v) is 14.5. The van der Waals surface area contributed by atoms with Gasteiger partial charge in [-0.25, -0.2) is 0 Å². The number of carbonyl (C=O) groups excluding carboxylic acids is 1. The van der Waals surface area contributed by atoms with Crippen molar-refractivity contribution in [2.75, 3.05) is 11.9 Å². The van der Waals surface area contributed by atoms with Gasteiger partial charge in [0.05, 0.1) is 11.6 Å². The topological polar surface area (TPSA) is 69.5 Å². The van der Waals surface area contributed by atoms with E-state index in [0.29, 0.717) is 17.8 Å². The van der Waals surface area contributed by atoms with Crippen molar-refractivity contribution in [3.05, 3.63) is 64.1 Å². The standard InChI is InChI=1S/C18H18BrN3O/c1-2-17(14-6-8-15(19)9-7-14)21-12-18(23)22-16-5-3-4-13(10-16)11-20/h3-10,17,21H,2,12H2,1H3,(H,22,23)/p+1/t17-/m1/s1. The summed E-state index contributed by atoms with van der Waals surface area (Å²) in [6, 6.07) is 17.4. The Morgan fingerprint density at radius 2 is 2.04 bits per heavy atom. The molecule has 0 aliphatic heterocycles. The van der Waals surface area contributed by atoms with Crippen LogP contribution in [0.4, 0.5) is 5.69 Å². The summed E-state index contributed by atoms with van der Waals surface area (Å²) in [5.41, 5.74) is 2.39. The Kier molecular flexibility index (Phi) is 6.33. The third kappa shape index (κ3) is 5.20. The van der Waals surface area contributed by atoms with Crippen LogP contribution < -0.4 is 10.6 Å². The van der Waals surface area contributed by atoms with Crippen LogP contribution in [0.2, 0.25) is 0 Å². The van der Waals surface area contributed by atoms with E-state index in [1.54, 1.807) is 24.3 Å². The van der Waals surface area contributed by atoms with Crippen LogP contribution in [0, 0.1) is 11.3 Å². The lowest BCUT2D eigenvalue weighted by Crippen LogP contribution is -2.87. The fourth-order valence-electron chi connectivity index (χ4n) is 2.38. The summed E-state index contributed by atoms with van der Waals surface area (Å²) in [7, 11) is 0. The maximum absolute atomic E-state index is 12.1. The molecule has 0 spiro atoms. The summed E-state index contributed by atoms with van der Waals surface area (Å²) < 4.78 is 1.05. The number of nitrogens with one attached hydrogen (secondary N) is 1. The molecule has 0 aliphatic carbocycles. The first-order valence-corrected chi connectivity index (χ1v) is 8.30. The minimum atomic E-state index is -0.0735. The van der Waals surface area contributed by atoms with Gasteiger partial charge in [0.15, 0.2) is 6.54 Å². The van der Waals surface area contributed by atoms with Crippen LogP contribution in [0.5, 0.6) is 0 Å². The average molecular weight is 373 g/mol. The molecule has 0 aromatic heterocycles. The molecule has 23 heavy (non-hydrogen) atoms. The highest BCUT2D eigenvalue weighted by molar-refractivity contribution is 9.10. The second-order valence-electron chi connectivity index (χ2n) is 5.25. The first-order valence-electron chi connectivity index (χ1n) is 7.51. The number of nitrogens with two attached hydrogens (primary N) is 1. The Bertz CT molecular complexity index is 707. The summed E-state index contributed by atoms with van der Waals surface area (Å²) in [6.07, 6.45) is 0.943. The first-order chi connectivity index (χ1) is 11.1. The number of quaternary nitrogens is 1. The second kappa shape index (κ2) is 8.47. The van der Waals surface area contributed by atoms with Gasteiger partial charge in [-0.1, -0.05) is 41.1 Å². The lowest BCUT2D eigenvalue weighted by Gasteiger charge is -2.14. The summed E-state index contributed by atoms with van der Waals surface area (Å²) >= 11 is 3.43. The predicted octanol–water partition coefficient (Wildman–Crippen LogP) is 2.97. The molecule has 2 aromatic rings. The lowest BCUT2D eigenvalue weighted by molar-refractivity contribution is -0.686. The van der Waals surface area contributed by atoms with Crippen LogP contribution in [0.3, 0.4) is 0 Å². The van der Waals surface area contributed by atoms with Gasteiger partial charge in [-0.05, 0) is 30.3 Å². The number of hydrogen-bond donors (Lipinski definition) is 2. The van der Waals surface area contributed by atoms with Gasteiger partial charge in [0.1, 0.15) is 6.04 Å². The second-order valence-corrected chi connectivity index (χ2v) is 6.16. The lowest BCUT2D eigenvalue weighted by atomic mass is 10.0. The number of nitrogens with zero attached hydrogens (tertiary/aromatic N) is 1. The fraction of sp³-hybridized carbons (Fsp3) is 0.222. The minimum absolute atomic E-state index is 0.0735. The molecule has 0 saturated heterocycles. The van der Waals surface area contributed by atoms with Gasteiger partial charge in [0.2, 0.25) is 0 Å². The van der Waals surface area contributed by atoms with Crippen molar-refractivity contribution in [2.45, 2.75) is 19.4 Å². The molecule has 0 unspecified atom stereocenters. The number of benzene rings is 2. The van der Waals surface area contributed by atoms with Crippen molar-refractivity contribution >= 4 is 27.5 Å². The molecule has 4 nitrogen and oxygen atoms in total. The molecule has 118 valence electrons. The van der Waals surface area contributed by atoms with E-state index >= 15 is 0 Å². The van der Waals surface area contributed by atoms with Gasteiger partial charge in [-0.15, -0.1) is 0 Å². The van der Waals surface area contributed by atoms with E-state index in [2.05, 4.69) is 46.4 Å². The van der Waals surface area contributed by atoms with Crippen molar-refractivity contribution in [3.8, 4) is 6.07 Å². The molecule has 0 aliphatic rings. The van der Waals surface area contributed by atoms with E-state index in [0.717, 1.165) is 10.9 Å². The molecule has 5 heteroatoms. The highest BCUT2D eigenvalue weighted by Gasteiger charge is 2.14. The van der Waals surface area contributed by atoms with Crippen LogP contribution in [-0.2, 0) is 4.79 Å². The van der Waals surface area contributed by atoms with E-state index in [1.165, 1.54) is 5.56 Å². The highest BCUT2D eigenvalue weighted by Crippen LogP contribution is 2.16. The van der Waals surface area contributed by atoms with Crippen LogP contribution in [0.1, 0.15) is 30.5 Å². The highest BCUT2D eigenvalue weighted by atomic mass is 79.9. The Morgan fingerprint density at radius 3 is 2.70 bits per heavy atom. The Hall–Kier alpha value is -2.16. The molecule has 2 aromatic carbocycles. The summed E-state index contributed by atoms with van der Waals surface area (Å²) in [6.45, 7) is 2.45. The Balaban J connectivity index is 1.92. The van der Waals surface area contributed by atoms with Gasteiger partial charge in [0, 0.05) is 22.1 Å². The van der Waals surface area contributed by atoms with Crippen LogP contribution in [-0.4, -0.2) is 12.5 Å². The summed E-state index contributed by atoms with van der Waals surface area (Å²) in [5, 5.41) is 13.7. The van der Waals surface area contributed by atoms with E-state index in [4.69, 9.17) is 5.26 Å². The monoisotopic (exact) mass is 372 g/mol. The number of hydrogen-bond acceptors (Lipinski definition) is 2. The Labute approximate surface area is 144 Å². The van der Waals surface area contributed by atoms with Crippen molar-refractivity contribution in [1.82, 2.24) is 0 Å². The van der Waals surface area contributed by atoms with Crippen LogP contribution >= 0.6 is 15.9 Å². The maximum atomic E-state index is 12.1.